The number of nitrogens with zero attached hydrogens (tertiary/aromatic N) is 1. The summed E-state index contributed by atoms with van der Waals surface area (Å²) >= 11 is 0. The summed E-state index contributed by atoms with van der Waals surface area (Å²) in [5.41, 5.74) is 5.22. The molecule has 0 rings (SSSR count). The third-order valence-electron chi connectivity index (χ3n) is 1.92. The molecule has 0 bridgehead atoms. The minimum Gasteiger partial charge on any atom is -0.368 e. The largest absolute Gasteiger partial charge is 0.368 e. The molecule has 0 aromatic carbocycles. The van der Waals surface area contributed by atoms with Crippen LogP contribution in [0.3, 0.4) is 0 Å². The monoisotopic (exact) mass is 158 g/mol. The number of likely N-dealkylation sites (N-methyl/N-ethyl adjacent to an activating group) is 1. The van der Waals surface area contributed by atoms with E-state index in [2.05, 4.69) is 6.92 Å². The lowest BCUT2D eigenvalue weighted by Gasteiger charge is -2.23. The van der Waals surface area contributed by atoms with Gasteiger partial charge in [-0.25, -0.2) is 0 Å². The summed E-state index contributed by atoms with van der Waals surface area (Å²) in [5, 5.41) is 0. The second kappa shape index (κ2) is 5.13. The number of carbonyl (C=O) groups is 1. The van der Waals surface area contributed by atoms with E-state index in [4.69, 9.17) is 5.73 Å². The van der Waals surface area contributed by atoms with Gasteiger partial charge >= 0.3 is 0 Å². The van der Waals surface area contributed by atoms with E-state index in [1.54, 1.807) is 0 Å². The van der Waals surface area contributed by atoms with Gasteiger partial charge in [0.15, 0.2) is 0 Å². The molecule has 0 saturated heterocycles. The number of amides is 1. The minimum absolute atomic E-state index is 0.0787. The molecule has 0 saturated carbocycles. The van der Waals surface area contributed by atoms with Gasteiger partial charge in [-0.1, -0.05) is 20.3 Å². The average molecular weight is 158 g/mol. The fourth-order valence-electron chi connectivity index (χ4n) is 1.07. The van der Waals surface area contributed by atoms with Crippen LogP contribution in [0, 0.1) is 0 Å². The molecule has 0 aliphatic rings. The standard InChI is InChI=1S/C8H18N2O/c1-4-6-7(8(9)11)10(3)5-2/h7H,4-6H2,1-3H3,(H2,9,11)/t7-/m0/s1. The Balaban J connectivity index is 3.97. The Hall–Kier alpha value is -0.570. The first-order chi connectivity index (χ1) is 5.13. The predicted octanol–water partition coefficient (Wildman–Crippen LogP) is 0.592. The number of hydrogen-bond donors (Lipinski definition) is 1. The van der Waals surface area contributed by atoms with Crippen LogP contribution in [-0.2, 0) is 4.79 Å². The van der Waals surface area contributed by atoms with Gasteiger partial charge in [0.2, 0.25) is 5.91 Å². The van der Waals surface area contributed by atoms with Crippen molar-refractivity contribution in [1.82, 2.24) is 4.90 Å². The quantitative estimate of drug-likeness (QED) is 0.636. The zero-order chi connectivity index (χ0) is 8.85. The van der Waals surface area contributed by atoms with Crippen LogP contribution < -0.4 is 5.73 Å². The van der Waals surface area contributed by atoms with Gasteiger partial charge in [-0.15, -0.1) is 0 Å². The van der Waals surface area contributed by atoms with Gasteiger partial charge in [0.1, 0.15) is 0 Å². The average Bonchev–Trinajstić information content (AvgIpc) is 1.98. The first kappa shape index (κ1) is 10.4. The minimum atomic E-state index is -0.212. The predicted molar refractivity (Wildman–Crippen MR) is 46.2 cm³/mol. The molecule has 0 aliphatic heterocycles. The first-order valence-electron chi connectivity index (χ1n) is 4.13. The van der Waals surface area contributed by atoms with E-state index in [0.717, 1.165) is 19.4 Å². The van der Waals surface area contributed by atoms with Crippen LogP contribution in [0.5, 0.6) is 0 Å². The van der Waals surface area contributed by atoms with Crippen molar-refractivity contribution in [2.75, 3.05) is 13.6 Å². The van der Waals surface area contributed by atoms with Crippen LogP contribution in [0.15, 0.2) is 0 Å². The van der Waals surface area contributed by atoms with Gasteiger partial charge in [0.25, 0.3) is 0 Å². The Kier molecular flexibility index (Phi) is 4.86. The highest BCUT2D eigenvalue weighted by atomic mass is 16.1. The molecule has 11 heavy (non-hydrogen) atoms. The fourth-order valence-corrected chi connectivity index (χ4v) is 1.07. The molecular weight excluding hydrogens is 140 g/mol. The van der Waals surface area contributed by atoms with Crippen LogP contribution in [0.4, 0.5) is 0 Å². The van der Waals surface area contributed by atoms with Crippen LogP contribution in [0.2, 0.25) is 0 Å². The van der Waals surface area contributed by atoms with Crippen molar-refractivity contribution in [2.24, 2.45) is 5.73 Å². The Morgan fingerprint density at radius 1 is 1.55 bits per heavy atom. The van der Waals surface area contributed by atoms with Gasteiger partial charge in [-0.3, -0.25) is 9.69 Å². The van der Waals surface area contributed by atoms with Crippen molar-refractivity contribution < 1.29 is 4.79 Å². The molecule has 3 nitrogen and oxygen atoms in total. The topological polar surface area (TPSA) is 46.3 Å². The molecule has 1 amide bonds. The maximum atomic E-state index is 10.9. The molecule has 0 fully saturated rings. The molecule has 0 aromatic heterocycles. The third kappa shape index (κ3) is 3.37. The molecule has 0 aromatic rings. The normalized spacial score (nSPS) is 13.5. The van der Waals surface area contributed by atoms with Crippen LogP contribution in [0.25, 0.3) is 0 Å². The van der Waals surface area contributed by atoms with Crippen molar-refractivity contribution >= 4 is 5.91 Å². The number of hydrogen-bond acceptors (Lipinski definition) is 2. The third-order valence-corrected chi connectivity index (χ3v) is 1.92. The van der Waals surface area contributed by atoms with Gasteiger partial charge in [0, 0.05) is 0 Å². The van der Waals surface area contributed by atoms with Gasteiger partial charge in [-0.05, 0) is 20.0 Å². The molecule has 2 N–H and O–H groups in total. The molecule has 1 atom stereocenters. The molecule has 0 aliphatic carbocycles. The molecule has 3 heteroatoms. The molecule has 0 radical (unpaired) electrons. The highest BCUT2D eigenvalue weighted by molar-refractivity contribution is 5.79. The lowest BCUT2D eigenvalue weighted by atomic mass is 10.1. The van der Waals surface area contributed by atoms with E-state index in [0.29, 0.717) is 0 Å². The Labute approximate surface area is 68.6 Å². The smallest absolute Gasteiger partial charge is 0.234 e. The number of rotatable bonds is 5. The van der Waals surface area contributed by atoms with Crippen molar-refractivity contribution in [3.05, 3.63) is 0 Å². The van der Waals surface area contributed by atoms with Crippen molar-refractivity contribution in [3.63, 3.8) is 0 Å². The van der Waals surface area contributed by atoms with Crippen molar-refractivity contribution in [1.29, 1.82) is 0 Å². The maximum absolute atomic E-state index is 10.9. The summed E-state index contributed by atoms with van der Waals surface area (Å²) < 4.78 is 0. The molecule has 0 unspecified atom stereocenters. The summed E-state index contributed by atoms with van der Waals surface area (Å²) in [4.78, 5) is 12.8. The Morgan fingerprint density at radius 3 is 2.36 bits per heavy atom. The molecule has 0 spiro atoms. The van der Waals surface area contributed by atoms with E-state index in [9.17, 15) is 4.79 Å². The Bertz CT molecular complexity index is 125. The summed E-state index contributed by atoms with van der Waals surface area (Å²) in [6.07, 6.45) is 1.86. The number of carbonyl (C=O) groups excluding carboxylic acids is 1. The van der Waals surface area contributed by atoms with E-state index in [1.807, 2.05) is 18.9 Å². The lowest BCUT2D eigenvalue weighted by molar-refractivity contribution is -0.122. The van der Waals surface area contributed by atoms with Gasteiger partial charge in [-0.2, -0.15) is 0 Å². The zero-order valence-electron chi connectivity index (χ0n) is 7.63. The Morgan fingerprint density at radius 2 is 2.09 bits per heavy atom. The lowest BCUT2D eigenvalue weighted by Crippen LogP contribution is -2.42. The summed E-state index contributed by atoms with van der Waals surface area (Å²) in [7, 11) is 1.92. The van der Waals surface area contributed by atoms with Crippen LogP contribution in [0.1, 0.15) is 26.7 Å². The fraction of sp³-hybridized carbons (Fsp3) is 0.875. The summed E-state index contributed by atoms with van der Waals surface area (Å²) in [6, 6.07) is -0.0787. The summed E-state index contributed by atoms with van der Waals surface area (Å²) in [5.74, 6) is -0.212. The zero-order valence-corrected chi connectivity index (χ0v) is 7.63. The molecule has 0 heterocycles. The van der Waals surface area contributed by atoms with E-state index in [1.165, 1.54) is 0 Å². The number of primary amides is 1. The van der Waals surface area contributed by atoms with E-state index in [-0.39, 0.29) is 11.9 Å². The van der Waals surface area contributed by atoms with Crippen LogP contribution in [-0.4, -0.2) is 30.4 Å². The number of nitrogens with two attached hydrogens (primary N) is 1. The summed E-state index contributed by atoms with van der Waals surface area (Å²) in [6.45, 7) is 4.94. The van der Waals surface area contributed by atoms with E-state index >= 15 is 0 Å². The van der Waals surface area contributed by atoms with Gasteiger partial charge < -0.3 is 5.73 Å². The van der Waals surface area contributed by atoms with Crippen molar-refractivity contribution in [2.45, 2.75) is 32.7 Å². The second-order valence-electron chi connectivity index (χ2n) is 2.78. The second-order valence-corrected chi connectivity index (χ2v) is 2.78. The van der Waals surface area contributed by atoms with Crippen LogP contribution >= 0.6 is 0 Å². The molecule has 66 valence electrons. The maximum Gasteiger partial charge on any atom is 0.234 e. The molecular formula is C8H18N2O. The highest BCUT2D eigenvalue weighted by Crippen LogP contribution is 2.03. The highest BCUT2D eigenvalue weighted by Gasteiger charge is 2.17. The SMILES string of the molecule is CCC[C@@H](C(N)=O)N(C)CC. The first-order valence-corrected chi connectivity index (χ1v) is 4.13. The van der Waals surface area contributed by atoms with Crippen molar-refractivity contribution in [3.8, 4) is 0 Å². The van der Waals surface area contributed by atoms with Gasteiger partial charge in [0.05, 0.1) is 6.04 Å². The van der Waals surface area contributed by atoms with E-state index < -0.39 is 0 Å².